The SMILES string of the molecule is CC(NCCCCC(N)=O)c1ccc(C(F)(F)F)cc1. The molecule has 1 rings (SSSR count). The van der Waals surface area contributed by atoms with Crippen molar-refractivity contribution < 1.29 is 18.0 Å². The number of hydrogen-bond donors (Lipinski definition) is 2. The average Bonchev–Trinajstić information content (AvgIpc) is 2.37. The largest absolute Gasteiger partial charge is 0.416 e. The number of benzene rings is 1. The predicted molar refractivity (Wildman–Crippen MR) is 70.9 cm³/mol. The first-order valence-electron chi connectivity index (χ1n) is 6.49. The van der Waals surface area contributed by atoms with Crippen molar-refractivity contribution in [3.63, 3.8) is 0 Å². The van der Waals surface area contributed by atoms with Crippen LogP contribution in [0.25, 0.3) is 0 Å². The van der Waals surface area contributed by atoms with E-state index in [-0.39, 0.29) is 11.9 Å². The van der Waals surface area contributed by atoms with Crippen LogP contribution in [0.2, 0.25) is 0 Å². The van der Waals surface area contributed by atoms with Crippen LogP contribution in [-0.2, 0) is 11.0 Å². The third-order valence-corrected chi connectivity index (χ3v) is 3.04. The molecule has 1 aromatic carbocycles. The molecule has 0 aliphatic rings. The van der Waals surface area contributed by atoms with E-state index < -0.39 is 11.7 Å². The average molecular weight is 288 g/mol. The van der Waals surface area contributed by atoms with Gasteiger partial charge in [-0.25, -0.2) is 0 Å². The summed E-state index contributed by atoms with van der Waals surface area (Å²) in [7, 11) is 0. The molecular weight excluding hydrogens is 269 g/mol. The second kappa shape index (κ2) is 7.28. The third-order valence-electron chi connectivity index (χ3n) is 3.04. The second-order valence-electron chi connectivity index (χ2n) is 4.72. The summed E-state index contributed by atoms with van der Waals surface area (Å²) in [5, 5.41) is 3.20. The molecule has 112 valence electrons. The summed E-state index contributed by atoms with van der Waals surface area (Å²) in [6.45, 7) is 2.58. The highest BCUT2D eigenvalue weighted by Crippen LogP contribution is 2.29. The molecule has 0 spiro atoms. The van der Waals surface area contributed by atoms with E-state index in [1.54, 1.807) is 0 Å². The molecule has 0 radical (unpaired) electrons. The van der Waals surface area contributed by atoms with E-state index in [4.69, 9.17) is 5.73 Å². The van der Waals surface area contributed by atoms with Crippen LogP contribution in [0.1, 0.15) is 43.4 Å². The zero-order valence-electron chi connectivity index (χ0n) is 11.3. The number of halogens is 3. The molecular formula is C14H19F3N2O. The van der Waals surface area contributed by atoms with E-state index in [1.165, 1.54) is 12.1 Å². The monoisotopic (exact) mass is 288 g/mol. The standard InChI is InChI=1S/C14H19F3N2O/c1-10(19-9-3-2-4-13(18)20)11-5-7-12(8-6-11)14(15,16)17/h5-8,10,19H,2-4,9H2,1H3,(H2,18,20). The van der Waals surface area contributed by atoms with Crippen molar-refractivity contribution in [2.75, 3.05) is 6.54 Å². The van der Waals surface area contributed by atoms with Crippen LogP contribution in [0, 0.1) is 0 Å². The first-order chi connectivity index (χ1) is 9.30. The Kier molecular flexibility index (Phi) is 6.01. The Morgan fingerprint density at radius 3 is 2.35 bits per heavy atom. The van der Waals surface area contributed by atoms with Crippen LogP contribution in [-0.4, -0.2) is 12.5 Å². The normalized spacial score (nSPS) is 13.2. The Labute approximate surface area is 116 Å². The lowest BCUT2D eigenvalue weighted by molar-refractivity contribution is -0.137. The maximum absolute atomic E-state index is 12.4. The first-order valence-corrected chi connectivity index (χ1v) is 6.49. The van der Waals surface area contributed by atoms with Gasteiger partial charge in [-0.3, -0.25) is 4.79 Å². The van der Waals surface area contributed by atoms with Gasteiger partial charge in [-0.1, -0.05) is 12.1 Å². The van der Waals surface area contributed by atoms with E-state index in [0.717, 1.165) is 24.1 Å². The molecule has 0 bridgehead atoms. The Morgan fingerprint density at radius 2 is 1.85 bits per heavy atom. The zero-order chi connectivity index (χ0) is 15.2. The van der Waals surface area contributed by atoms with Crippen LogP contribution in [0.15, 0.2) is 24.3 Å². The molecule has 0 fully saturated rings. The fourth-order valence-electron chi connectivity index (χ4n) is 1.82. The van der Waals surface area contributed by atoms with Crippen LogP contribution in [0.4, 0.5) is 13.2 Å². The Bertz CT molecular complexity index is 429. The minimum Gasteiger partial charge on any atom is -0.370 e. The highest BCUT2D eigenvalue weighted by molar-refractivity contribution is 5.73. The van der Waals surface area contributed by atoms with Crippen molar-refractivity contribution in [2.45, 2.75) is 38.4 Å². The molecule has 0 saturated heterocycles. The number of hydrogen-bond acceptors (Lipinski definition) is 2. The van der Waals surface area contributed by atoms with E-state index in [0.29, 0.717) is 19.4 Å². The Hall–Kier alpha value is -1.56. The van der Waals surface area contributed by atoms with Crippen molar-refractivity contribution in [3.05, 3.63) is 35.4 Å². The van der Waals surface area contributed by atoms with Crippen LogP contribution in [0.3, 0.4) is 0 Å². The first kappa shape index (κ1) is 16.5. The summed E-state index contributed by atoms with van der Waals surface area (Å²) in [5.41, 5.74) is 5.18. The van der Waals surface area contributed by atoms with E-state index in [1.807, 2.05) is 6.92 Å². The molecule has 20 heavy (non-hydrogen) atoms. The van der Waals surface area contributed by atoms with Gasteiger partial charge in [0.15, 0.2) is 0 Å². The number of nitrogens with two attached hydrogens (primary N) is 1. The van der Waals surface area contributed by atoms with Crippen LogP contribution in [0.5, 0.6) is 0 Å². The minimum absolute atomic E-state index is 0.0362. The number of rotatable bonds is 7. The zero-order valence-corrected chi connectivity index (χ0v) is 11.3. The summed E-state index contributed by atoms with van der Waals surface area (Å²) >= 11 is 0. The molecule has 1 unspecified atom stereocenters. The third kappa shape index (κ3) is 5.61. The van der Waals surface area contributed by atoms with Gasteiger partial charge in [-0.05, 0) is 44.0 Å². The second-order valence-corrected chi connectivity index (χ2v) is 4.72. The summed E-state index contributed by atoms with van der Waals surface area (Å²) in [5.74, 6) is -0.319. The molecule has 1 atom stereocenters. The van der Waals surface area contributed by atoms with Crippen LogP contribution >= 0.6 is 0 Å². The highest BCUT2D eigenvalue weighted by Gasteiger charge is 2.30. The molecule has 0 saturated carbocycles. The number of carbonyl (C=O) groups is 1. The van der Waals surface area contributed by atoms with Gasteiger partial charge in [-0.15, -0.1) is 0 Å². The summed E-state index contributed by atoms with van der Waals surface area (Å²) < 4.78 is 37.3. The van der Waals surface area contributed by atoms with Crippen molar-refractivity contribution in [1.82, 2.24) is 5.32 Å². The van der Waals surface area contributed by atoms with Gasteiger partial charge in [-0.2, -0.15) is 13.2 Å². The number of primary amides is 1. The minimum atomic E-state index is -4.30. The number of amides is 1. The molecule has 0 aromatic heterocycles. The lowest BCUT2D eigenvalue weighted by atomic mass is 10.1. The summed E-state index contributed by atoms with van der Waals surface area (Å²) in [4.78, 5) is 10.5. The fraction of sp³-hybridized carbons (Fsp3) is 0.500. The topological polar surface area (TPSA) is 55.1 Å². The van der Waals surface area contributed by atoms with Gasteiger partial charge in [0, 0.05) is 12.5 Å². The highest BCUT2D eigenvalue weighted by atomic mass is 19.4. The number of carbonyl (C=O) groups excluding carboxylic acids is 1. The van der Waals surface area contributed by atoms with E-state index in [2.05, 4.69) is 5.32 Å². The van der Waals surface area contributed by atoms with Gasteiger partial charge in [0.2, 0.25) is 5.91 Å². The summed E-state index contributed by atoms with van der Waals surface area (Å²) in [6.07, 6.45) is -2.43. The number of alkyl halides is 3. The van der Waals surface area contributed by atoms with E-state index >= 15 is 0 Å². The molecule has 0 heterocycles. The molecule has 1 aromatic rings. The molecule has 3 nitrogen and oxygen atoms in total. The number of nitrogens with one attached hydrogen (secondary N) is 1. The molecule has 0 aliphatic carbocycles. The number of unbranched alkanes of at least 4 members (excludes halogenated alkanes) is 1. The Balaban J connectivity index is 2.40. The smallest absolute Gasteiger partial charge is 0.370 e. The molecule has 1 amide bonds. The molecule has 0 aliphatic heterocycles. The molecule has 6 heteroatoms. The lowest BCUT2D eigenvalue weighted by Gasteiger charge is -2.15. The van der Waals surface area contributed by atoms with Crippen molar-refractivity contribution in [3.8, 4) is 0 Å². The quantitative estimate of drug-likeness (QED) is 0.758. The fourth-order valence-corrected chi connectivity index (χ4v) is 1.82. The van der Waals surface area contributed by atoms with Gasteiger partial charge >= 0.3 is 6.18 Å². The molecule has 3 N–H and O–H groups in total. The van der Waals surface area contributed by atoms with Crippen LogP contribution < -0.4 is 11.1 Å². The van der Waals surface area contributed by atoms with Crippen molar-refractivity contribution >= 4 is 5.91 Å². The van der Waals surface area contributed by atoms with Gasteiger partial charge < -0.3 is 11.1 Å². The maximum atomic E-state index is 12.4. The van der Waals surface area contributed by atoms with Gasteiger partial charge in [0.1, 0.15) is 0 Å². The van der Waals surface area contributed by atoms with Crippen molar-refractivity contribution in [1.29, 1.82) is 0 Å². The Morgan fingerprint density at radius 1 is 1.25 bits per heavy atom. The van der Waals surface area contributed by atoms with E-state index in [9.17, 15) is 18.0 Å². The predicted octanol–water partition coefficient (Wildman–Crippen LogP) is 3.01. The van der Waals surface area contributed by atoms with Gasteiger partial charge in [0.05, 0.1) is 5.56 Å². The van der Waals surface area contributed by atoms with Gasteiger partial charge in [0.25, 0.3) is 0 Å². The summed E-state index contributed by atoms with van der Waals surface area (Å²) in [6, 6.07) is 5.08. The van der Waals surface area contributed by atoms with Crippen molar-refractivity contribution in [2.24, 2.45) is 5.73 Å². The lowest BCUT2D eigenvalue weighted by Crippen LogP contribution is -2.20. The maximum Gasteiger partial charge on any atom is 0.416 e.